The molecule has 0 aliphatic carbocycles. The van der Waals surface area contributed by atoms with Gasteiger partial charge in [0, 0.05) is 12.6 Å². The first kappa shape index (κ1) is 13.9. The van der Waals surface area contributed by atoms with Crippen LogP contribution in [0.4, 0.5) is 0 Å². The molecule has 1 aromatic rings. The van der Waals surface area contributed by atoms with Gasteiger partial charge in [-0.2, -0.15) is 0 Å². The molecule has 0 aromatic heterocycles. The topological polar surface area (TPSA) is 57.6 Å². The molecule has 0 spiro atoms. The molecule has 0 saturated carbocycles. The second-order valence-corrected chi connectivity index (χ2v) is 5.13. The zero-order chi connectivity index (χ0) is 13.8. The maximum Gasteiger partial charge on any atom is 0.305 e. The average Bonchev–Trinajstić information content (AvgIpc) is 2.38. The molecule has 1 unspecified atom stereocenters. The zero-order valence-corrected chi connectivity index (χ0v) is 11.3. The molecule has 0 radical (unpaired) electrons. The van der Waals surface area contributed by atoms with Gasteiger partial charge in [-0.3, -0.25) is 9.59 Å². The number of nitrogens with zero attached hydrogens (tertiary/aromatic N) is 1. The van der Waals surface area contributed by atoms with Crippen LogP contribution in [0.3, 0.4) is 0 Å². The van der Waals surface area contributed by atoms with Crippen molar-refractivity contribution in [1.29, 1.82) is 0 Å². The van der Waals surface area contributed by atoms with Crippen LogP contribution in [0.2, 0.25) is 5.02 Å². The minimum absolute atomic E-state index is 0.00378. The van der Waals surface area contributed by atoms with Crippen LogP contribution in [0.1, 0.15) is 36.0 Å². The normalized spacial score (nSPS) is 19.2. The summed E-state index contributed by atoms with van der Waals surface area (Å²) in [4.78, 5) is 25.0. The minimum atomic E-state index is -0.871. The summed E-state index contributed by atoms with van der Waals surface area (Å²) < 4.78 is 0. The largest absolute Gasteiger partial charge is 0.481 e. The van der Waals surface area contributed by atoms with Gasteiger partial charge in [-0.1, -0.05) is 23.7 Å². The molecular formula is C14H16ClNO3. The van der Waals surface area contributed by atoms with Crippen molar-refractivity contribution < 1.29 is 14.7 Å². The molecule has 1 aliphatic rings. The third-order valence-corrected chi connectivity index (χ3v) is 3.73. The van der Waals surface area contributed by atoms with Crippen LogP contribution in [-0.2, 0) is 4.79 Å². The molecule has 4 nitrogen and oxygen atoms in total. The van der Waals surface area contributed by atoms with Crippen molar-refractivity contribution in [3.05, 3.63) is 34.9 Å². The van der Waals surface area contributed by atoms with E-state index in [1.807, 2.05) is 0 Å². The second-order valence-electron chi connectivity index (χ2n) is 4.73. The highest BCUT2D eigenvalue weighted by atomic mass is 35.5. The summed E-state index contributed by atoms with van der Waals surface area (Å²) in [5, 5.41) is 9.34. The lowest BCUT2D eigenvalue weighted by Gasteiger charge is -2.35. The number of carbonyl (C=O) groups is 2. The van der Waals surface area contributed by atoms with E-state index < -0.39 is 5.97 Å². The molecule has 1 fully saturated rings. The molecule has 0 bridgehead atoms. The van der Waals surface area contributed by atoms with Crippen LogP contribution in [0.15, 0.2) is 24.3 Å². The predicted molar refractivity (Wildman–Crippen MR) is 72.4 cm³/mol. The highest BCUT2D eigenvalue weighted by Crippen LogP contribution is 2.24. The number of aliphatic carboxylic acids is 1. The standard InChI is InChI=1S/C14H16ClNO3/c15-12-7-2-1-6-11(12)14(19)16-8-4-3-5-10(16)9-13(17)18/h1-2,6-7,10H,3-5,8-9H2,(H,17,18). The Kier molecular flexibility index (Phi) is 4.43. The van der Waals surface area contributed by atoms with Gasteiger partial charge in [0.25, 0.3) is 5.91 Å². The van der Waals surface area contributed by atoms with Crippen molar-refractivity contribution in [2.75, 3.05) is 6.54 Å². The number of benzene rings is 1. The third kappa shape index (κ3) is 3.26. The van der Waals surface area contributed by atoms with Gasteiger partial charge in [0.05, 0.1) is 17.0 Å². The van der Waals surface area contributed by atoms with Crippen molar-refractivity contribution in [2.24, 2.45) is 0 Å². The Balaban J connectivity index is 2.20. The third-order valence-electron chi connectivity index (χ3n) is 3.40. The number of likely N-dealkylation sites (tertiary alicyclic amines) is 1. The van der Waals surface area contributed by atoms with E-state index in [1.54, 1.807) is 29.2 Å². The highest BCUT2D eigenvalue weighted by molar-refractivity contribution is 6.33. The Hall–Kier alpha value is -1.55. The van der Waals surface area contributed by atoms with Crippen LogP contribution < -0.4 is 0 Å². The number of halogens is 1. The number of piperidine rings is 1. The number of carboxylic acids is 1. The van der Waals surface area contributed by atoms with Crippen LogP contribution in [0.5, 0.6) is 0 Å². The van der Waals surface area contributed by atoms with Gasteiger partial charge in [-0.15, -0.1) is 0 Å². The van der Waals surface area contributed by atoms with E-state index in [2.05, 4.69) is 0 Å². The Labute approximate surface area is 117 Å². The van der Waals surface area contributed by atoms with Crippen molar-refractivity contribution in [3.63, 3.8) is 0 Å². The molecule has 1 aliphatic heterocycles. The highest BCUT2D eigenvalue weighted by Gasteiger charge is 2.29. The lowest BCUT2D eigenvalue weighted by molar-refractivity contribution is -0.138. The van der Waals surface area contributed by atoms with Gasteiger partial charge in [-0.05, 0) is 31.4 Å². The molecule has 1 heterocycles. The van der Waals surface area contributed by atoms with Crippen LogP contribution in [0.25, 0.3) is 0 Å². The van der Waals surface area contributed by atoms with Crippen molar-refractivity contribution in [2.45, 2.75) is 31.7 Å². The molecule has 19 heavy (non-hydrogen) atoms. The lowest BCUT2D eigenvalue weighted by Crippen LogP contribution is -2.44. The molecule has 5 heteroatoms. The smallest absolute Gasteiger partial charge is 0.305 e. The summed E-state index contributed by atoms with van der Waals surface area (Å²) in [5.74, 6) is -1.04. The molecular weight excluding hydrogens is 266 g/mol. The summed E-state index contributed by atoms with van der Waals surface area (Å²) >= 11 is 6.03. The SMILES string of the molecule is O=C(O)CC1CCCCN1C(=O)c1ccccc1Cl. The van der Waals surface area contributed by atoms with Crippen molar-refractivity contribution in [3.8, 4) is 0 Å². The van der Waals surface area contributed by atoms with Crippen molar-refractivity contribution >= 4 is 23.5 Å². The molecule has 1 N–H and O–H groups in total. The number of carbonyl (C=O) groups excluding carboxylic acids is 1. The number of rotatable bonds is 3. The first-order valence-electron chi connectivity index (χ1n) is 6.37. The molecule has 1 amide bonds. The quantitative estimate of drug-likeness (QED) is 0.927. The van der Waals surface area contributed by atoms with E-state index in [-0.39, 0.29) is 18.4 Å². The minimum Gasteiger partial charge on any atom is -0.481 e. The summed E-state index contributed by atoms with van der Waals surface area (Å²) in [6.45, 7) is 0.599. The number of amides is 1. The number of hydrogen-bond donors (Lipinski definition) is 1. The molecule has 1 atom stereocenters. The van der Waals surface area contributed by atoms with Gasteiger partial charge in [0.1, 0.15) is 0 Å². The lowest BCUT2D eigenvalue weighted by atomic mass is 9.98. The second kappa shape index (κ2) is 6.06. The van der Waals surface area contributed by atoms with E-state index in [9.17, 15) is 9.59 Å². The average molecular weight is 282 g/mol. The Morgan fingerprint density at radius 2 is 2.05 bits per heavy atom. The van der Waals surface area contributed by atoms with Crippen LogP contribution in [0, 0.1) is 0 Å². The van der Waals surface area contributed by atoms with Gasteiger partial charge in [0.15, 0.2) is 0 Å². The van der Waals surface area contributed by atoms with E-state index in [4.69, 9.17) is 16.7 Å². The Morgan fingerprint density at radius 3 is 2.74 bits per heavy atom. The summed E-state index contributed by atoms with van der Waals surface area (Å²) in [6.07, 6.45) is 2.61. The molecule has 1 saturated heterocycles. The van der Waals surface area contributed by atoms with Gasteiger partial charge < -0.3 is 10.0 Å². The van der Waals surface area contributed by atoms with E-state index in [0.29, 0.717) is 17.1 Å². The van der Waals surface area contributed by atoms with E-state index in [1.165, 1.54) is 0 Å². The van der Waals surface area contributed by atoms with Gasteiger partial charge >= 0.3 is 5.97 Å². The molecule has 2 rings (SSSR count). The van der Waals surface area contributed by atoms with Crippen molar-refractivity contribution in [1.82, 2.24) is 4.90 Å². The van der Waals surface area contributed by atoms with Gasteiger partial charge in [0.2, 0.25) is 0 Å². The van der Waals surface area contributed by atoms with E-state index >= 15 is 0 Å². The maximum absolute atomic E-state index is 12.5. The van der Waals surface area contributed by atoms with Crippen LogP contribution in [-0.4, -0.2) is 34.5 Å². The van der Waals surface area contributed by atoms with Crippen LogP contribution >= 0.6 is 11.6 Å². The number of hydrogen-bond acceptors (Lipinski definition) is 2. The van der Waals surface area contributed by atoms with Gasteiger partial charge in [-0.25, -0.2) is 0 Å². The molecule has 102 valence electrons. The Bertz CT molecular complexity index is 489. The molecule has 1 aromatic carbocycles. The zero-order valence-electron chi connectivity index (χ0n) is 10.5. The first-order chi connectivity index (χ1) is 9.09. The summed E-state index contributed by atoms with van der Waals surface area (Å²) in [6, 6.07) is 6.65. The summed E-state index contributed by atoms with van der Waals surface area (Å²) in [7, 11) is 0. The van der Waals surface area contributed by atoms with E-state index in [0.717, 1.165) is 19.3 Å². The first-order valence-corrected chi connectivity index (χ1v) is 6.74. The monoisotopic (exact) mass is 281 g/mol. The predicted octanol–water partition coefficient (Wildman–Crippen LogP) is 2.81. The summed E-state index contributed by atoms with van der Waals surface area (Å²) in [5.41, 5.74) is 0.446. The fourth-order valence-corrected chi connectivity index (χ4v) is 2.69. The maximum atomic E-state index is 12.5. The fourth-order valence-electron chi connectivity index (χ4n) is 2.47. The Morgan fingerprint density at radius 1 is 1.32 bits per heavy atom. The number of carboxylic acid groups (broad SMARTS) is 1. The fraction of sp³-hybridized carbons (Fsp3) is 0.429.